The number of aromatic nitrogens is 1. The van der Waals surface area contributed by atoms with Gasteiger partial charge in [0.2, 0.25) is 0 Å². The lowest BCUT2D eigenvalue weighted by molar-refractivity contribution is 0.112. The molecule has 0 amide bonds. The van der Waals surface area contributed by atoms with Gasteiger partial charge in [-0.3, -0.25) is 4.79 Å². The first-order chi connectivity index (χ1) is 10.6. The Morgan fingerprint density at radius 2 is 1.91 bits per heavy atom. The minimum absolute atomic E-state index is 0.550. The SMILES string of the molecule is COc1ccc(CNc2nc(C)c(C=O)c(C)c2C=N)cc1. The predicted octanol–water partition coefficient (Wildman–Crippen LogP) is 3.13. The largest absolute Gasteiger partial charge is 0.497 e. The first-order valence-corrected chi connectivity index (χ1v) is 6.94. The van der Waals surface area contributed by atoms with Crippen LogP contribution in [-0.4, -0.2) is 24.6 Å². The van der Waals surface area contributed by atoms with Crippen LogP contribution in [0.5, 0.6) is 5.75 Å². The molecule has 0 saturated heterocycles. The van der Waals surface area contributed by atoms with Crippen molar-refractivity contribution in [1.29, 1.82) is 5.41 Å². The Labute approximate surface area is 129 Å². The molecule has 2 aromatic rings. The van der Waals surface area contributed by atoms with Crippen molar-refractivity contribution in [2.45, 2.75) is 20.4 Å². The average molecular weight is 297 g/mol. The third-order valence-corrected chi connectivity index (χ3v) is 3.61. The lowest BCUT2D eigenvalue weighted by Crippen LogP contribution is -2.09. The molecule has 1 aromatic carbocycles. The van der Waals surface area contributed by atoms with E-state index in [4.69, 9.17) is 10.1 Å². The second kappa shape index (κ2) is 6.85. The highest BCUT2D eigenvalue weighted by molar-refractivity contribution is 5.91. The molecule has 0 bridgehead atoms. The van der Waals surface area contributed by atoms with Crippen molar-refractivity contribution < 1.29 is 9.53 Å². The third kappa shape index (κ3) is 3.14. The van der Waals surface area contributed by atoms with E-state index in [9.17, 15) is 4.79 Å². The average Bonchev–Trinajstić information content (AvgIpc) is 2.53. The van der Waals surface area contributed by atoms with Gasteiger partial charge in [-0.25, -0.2) is 4.98 Å². The van der Waals surface area contributed by atoms with Crippen LogP contribution in [0.2, 0.25) is 0 Å². The maximum absolute atomic E-state index is 11.1. The Morgan fingerprint density at radius 3 is 2.45 bits per heavy atom. The van der Waals surface area contributed by atoms with E-state index in [1.165, 1.54) is 6.21 Å². The number of anilines is 1. The van der Waals surface area contributed by atoms with E-state index in [-0.39, 0.29) is 0 Å². The molecule has 2 rings (SSSR count). The summed E-state index contributed by atoms with van der Waals surface area (Å²) in [5.41, 5.74) is 3.70. The molecule has 114 valence electrons. The summed E-state index contributed by atoms with van der Waals surface area (Å²) in [5.74, 6) is 1.43. The van der Waals surface area contributed by atoms with E-state index in [0.717, 1.165) is 23.2 Å². The van der Waals surface area contributed by atoms with Gasteiger partial charge >= 0.3 is 0 Å². The second-order valence-corrected chi connectivity index (χ2v) is 4.96. The number of rotatable bonds is 6. The molecule has 0 radical (unpaired) electrons. The summed E-state index contributed by atoms with van der Waals surface area (Å²) in [6.07, 6.45) is 2.02. The molecular formula is C17H19N3O2. The summed E-state index contributed by atoms with van der Waals surface area (Å²) in [6, 6.07) is 7.73. The summed E-state index contributed by atoms with van der Waals surface area (Å²) < 4.78 is 5.13. The van der Waals surface area contributed by atoms with Gasteiger partial charge in [0.05, 0.1) is 12.8 Å². The minimum Gasteiger partial charge on any atom is -0.497 e. The van der Waals surface area contributed by atoms with Gasteiger partial charge in [0.1, 0.15) is 11.6 Å². The Morgan fingerprint density at radius 1 is 1.23 bits per heavy atom. The zero-order valence-corrected chi connectivity index (χ0v) is 12.9. The van der Waals surface area contributed by atoms with Gasteiger partial charge in [-0.2, -0.15) is 0 Å². The van der Waals surface area contributed by atoms with Gasteiger partial charge in [0.15, 0.2) is 6.29 Å². The normalized spacial score (nSPS) is 10.1. The maximum atomic E-state index is 11.1. The van der Waals surface area contributed by atoms with Gasteiger partial charge in [-0.1, -0.05) is 12.1 Å². The smallest absolute Gasteiger partial charge is 0.152 e. The molecular weight excluding hydrogens is 278 g/mol. The molecule has 0 unspecified atom stereocenters. The second-order valence-electron chi connectivity index (χ2n) is 4.96. The van der Waals surface area contributed by atoms with Crippen molar-refractivity contribution in [3.8, 4) is 5.75 Å². The van der Waals surface area contributed by atoms with Gasteiger partial charge in [0.25, 0.3) is 0 Å². The number of aryl methyl sites for hydroxylation is 1. The highest BCUT2D eigenvalue weighted by atomic mass is 16.5. The molecule has 1 aromatic heterocycles. The molecule has 0 spiro atoms. The van der Waals surface area contributed by atoms with Crippen LogP contribution in [0.15, 0.2) is 24.3 Å². The minimum atomic E-state index is 0.550. The van der Waals surface area contributed by atoms with E-state index < -0.39 is 0 Å². The number of carbonyl (C=O) groups is 1. The van der Waals surface area contributed by atoms with Crippen LogP contribution >= 0.6 is 0 Å². The molecule has 5 nitrogen and oxygen atoms in total. The van der Waals surface area contributed by atoms with E-state index in [2.05, 4.69) is 10.3 Å². The van der Waals surface area contributed by atoms with Crippen molar-refractivity contribution in [2.24, 2.45) is 0 Å². The number of benzene rings is 1. The molecule has 0 aliphatic carbocycles. The van der Waals surface area contributed by atoms with Gasteiger partial charge in [0, 0.05) is 23.9 Å². The van der Waals surface area contributed by atoms with Crippen molar-refractivity contribution in [3.63, 3.8) is 0 Å². The summed E-state index contributed by atoms with van der Waals surface area (Å²) in [7, 11) is 1.63. The summed E-state index contributed by atoms with van der Waals surface area (Å²) in [4.78, 5) is 15.5. The van der Waals surface area contributed by atoms with Crippen LogP contribution in [-0.2, 0) is 6.54 Å². The van der Waals surface area contributed by atoms with Crippen LogP contribution in [0.3, 0.4) is 0 Å². The molecule has 0 saturated carbocycles. The van der Waals surface area contributed by atoms with Crippen LogP contribution in [0, 0.1) is 19.3 Å². The summed E-state index contributed by atoms with van der Waals surface area (Å²) in [5, 5.41) is 10.8. The van der Waals surface area contributed by atoms with Gasteiger partial charge in [-0.05, 0) is 37.1 Å². The Bertz CT molecular complexity index is 694. The third-order valence-electron chi connectivity index (χ3n) is 3.61. The standard InChI is InChI=1S/C17H19N3O2/c1-11-15(8-18)17(20-12(2)16(11)10-21)19-9-13-4-6-14(22-3)7-5-13/h4-8,10,18H,9H2,1-3H3,(H,19,20). The number of methoxy groups -OCH3 is 1. The predicted molar refractivity (Wildman–Crippen MR) is 87.3 cm³/mol. The fraction of sp³-hybridized carbons (Fsp3) is 0.235. The molecule has 0 atom stereocenters. The van der Waals surface area contributed by atoms with Crippen molar-refractivity contribution in [3.05, 3.63) is 52.2 Å². The van der Waals surface area contributed by atoms with Crippen molar-refractivity contribution in [2.75, 3.05) is 12.4 Å². The van der Waals surface area contributed by atoms with E-state index in [1.54, 1.807) is 14.0 Å². The number of aldehydes is 1. The fourth-order valence-electron chi connectivity index (χ4n) is 2.30. The Balaban J connectivity index is 2.25. The van der Waals surface area contributed by atoms with Gasteiger partial charge < -0.3 is 15.5 Å². The molecule has 0 aliphatic rings. The molecule has 5 heteroatoms. The molecule has 1 heterocycles. The molecule has 0 aliphatic heterocycles. The quantitative estimate of drug-likeness (QED) is 0.634. The maximum Gasteiger partial charge on any atom is 0.152 e. The highest BCUT2D eigenvalue weighted by Crippen LogP contribution is 2.21. The number of pyridine rings is 1. The Hall–Kier alpha value is -2.69. The summed E-state index contributed by atoms with van der Waals surface area (Å²) in [6.45, 7) is 4.21. The first kappa shape index (κ1) is 15.7. The lowest BCUT2D eigenvalue weighted by Gasteiger charge is -2.14. The topological polar surface area (TPSA) is 75.1 Å². The zero-order chi connectivity index (χ0) is 16.1. The number of hydrogen-bond donors (Lipinski definition) is 2. The van der Waals surface area contributed by atoms with Crippen LogP contribution in [0.4, 0.5) is 5.82 Å². The lowest BCUT2D eigenvalue weighted by atomic mass is 10.0. The van der Waals surface area contributed by atoms with Crippen molar-refractivity contribution >= 4 is 18.3 Å². The van der Waals surface area contributed by atoms with Crippen LogP contribution in [0.1, 0.15) is 32.7 Å². The van der Waals surface area contributed by atoms with E-state index in [1.807, 2.05) is 31.2 Å². The first-order valence-electron chi connectivity index (χ1n) is 6.94. The molecule has 2 N–H and O–H groups in total. The monoisotopic (exact) mass is 297 g/mol. The number of ether oxygens (including phenoxy) is 1. The van der Waals surface area contributed by atoms with E-state index >= 15 is 0 Å². The number of hydrogen-bond acceptors (Lipinski definition) is 5. The van der Waals surface area contributed by atoms with Crippen molar-refractivity contribution in [1.82, 2.24) is 4.98 Å². The summed E-state index contributed by atoms with van der Waals surface area (Å²) >= 11 is 0. The molecule has 22 heavy (non-hydrogen) atoms. The number of nitrogens with zero attached hydrogens (tertiary/aromatic N) is 1. The number of carbonyl (C=O) groups excluding carboxylic acids is 1. The van der Waals surface area contributed by atoms with Crippen LogP contribution in [0.25, 0.3) is 0 Å². The zero-order valence-electron chi connectivity index (χ0n) is 12.9. The number of nitrogens with one attached hydrogen (secondary N) is 2. The Kier molecular flexibility index (Phi) is 4.88. The highest BCUT2D eigenvalue weighted by Gasteiger charge is 2.12. The van der Waals surface area contributed by atoms with Crippen LogP contribution < -0.4 is 10.1 Å². The van der Waals surface area contributed by atoms with Gasteiger partial charge in [-0.15, -0.1) is 0 Å². The van der Waals surface area contributed by atoms with E-state index in [0.29, 0.717) is 29.2 Å². The molecule has 0 fully saturated rings. The fourth-order valence-corrected chi connectivity index (χ4v) is 2.30.